The van der Waals surface area contributed by atoms with Gasteiger partial charge in [-0.15, -0.1) is 0 Å². The molecule has 1 saturated heterocycles. The molecule has 1 amide bonds. The van der Waals surface area contributed by atoms with E-state index in [-0.39, 0.29) is 5.91 Å². The lowest BCUT2D eigenvalue weighted by Gasteiger charge is -2.25. The van der Waals surface area contributed by atoms with Crippen molar-refractivity contribution in [3.63, 3.8) is 0 Å². The zero-order valence-electron chi connectivity index (χ0n) is 12.3. The van der Waals surface area contributed by atoms with E-state index in [1.54, 1.807) is 24.3 Å². The Kier molecular flexibility index (Phi) is 4.53. The van der Waals surface area contributed by atoms with E-state index in [2.05, 4.69) is 15.4 Å². The van der Waals surface area contributed by atoms with Gasteiger partial charge in [0.25, 0.3) is 0 Å². The van der Waals surface area contributed by atoms with Crippen molar-refractivity contribution < 1.29 is 13.2 Å². The summed E-state index contributed by atoms with van der Waals surface area (Å²) < 4.78 is 25.2. The lowest BCUT2D eigenvalue weighted by molar-refractivity contribution is -0.124. The highest BCUT2D eigenvalue weighted by Crippen LogP contribution is 2.32. The zero-order chi connectivity index (χ0) is 15.5. The Bertz CT molecular complexity index is 622. The van der Waals surface area contributed by atoms with Gasteiger partial charge in [-0.2, -0.15) is 0 Å². The first kappa shape index (κ1) is 15.8. The van der Waals surface area contributed by atoms with E-state index < -0.39 is 15.4 Å². The van der Waals surface area contributed by atoms with Gasteiger partial charge in [-0.3, -0.25) is 9.52 Å². The zero-order valence-corrected chi connectivity index (χ0v) is 13.1. The van der Waals surface area contributed by atoms with E-state index in [1.807, 2.05) is 6.92 Å². The Morgan fingerprint density at radius 1 is 1.33 bits per heavy atom. The molecule has 0 bridgehead atoms. The Hall–Kier alpha value is -1.60. The van der Waals surface area contributed by atoms with Gasteiger partial charge in [0.15, 0.2) is 0 Å². The highest BCUT2D eigenvalue weighted by molar-refractivity contribution is 7.92. The topological polar surface area (TPSA) is 87.3 Å². The normalized spacial score (nSPS) is 22.0. The van der Waals surface area contributed by atoms with Gasteiger partial charge in [-0.1, -0.05) is 19.1 Å². The molecular formula is C14H21N3O3S. The van der Waals surface area contributed by atoms with E-state index in [1.165, 1.54) is 0 Å². The smallest absolute Gasteiger partial charge is 0.231 e. The standard InChI is InChI=1S/C14H21N3O3S/c1-3-14(8-9-15-10-14)13(18)16-11-6-4-5-7-12(11)17-21(2,19)20/h4-7,15,17H,3,8-10H2,1-2H3,(H,16,18). The van der Waals surface area contributed by atoms with Gasteiger partial charge in [0.2, 0.25) is 15.9 Å². The molecule has 1 aliphatic heterocycles. The fourth-order valence-electron chi connectivity index (χ4n) is 2.54. The van der Waals surface area contributed by atoms with Crippen LogP contribution >= 0.6 is 0 Å². The number of anilines is 2. The predicted molar refractivity (Wildman–Crippen MR) is 83.7 cm³/mol. The molecule has 0 radical (unpaired) electrons. The van der Waals surface area contributed by atoms with E-state index in [9.17, 15) is 13.2 Å². The fourth-order valence-corrected chi connectivity index (χ4v) is 3.11. The molecule has 1 aromatic carbocycles. The van der Waals surface area contributed by atoms with Crippen LogP contribution in [0.15, 0.2) is 24.3 Å². The molecule has 2 rings (SSSR count). The first-order chi connectivity index (χ1) is 9.86. The Labute approximate surface area is 125 Å². The van der Waals surface area contributed by atoms with Crippen LogP contribution in [0.2, 0.25) is 0 Å². The molecular weight excluding hydrogens is 290 g/mol. The van der Waals surface area contributed by atoms with Crippen LogP contribution in [0.1, 0.15) is 19.8 Å². The van der Waals surface area contributed by atoms with Gasteiger partial charge in [0, 0.05) is 6.54 Å². The molecule has 0 spiro atoms. The molecule has 0 aliphatic carbocycles. The van der Waals surface area contributed by atoms with Crippen LogP contribution in [-0.2, 0) is 14.8 Å². The molecule has 6 nitrogen and oxygen atoms in total. The van der Waals surface area contributed by atoms with Crippen LogP contribution in [0.25, 0.3) is 0 Å². The summed E-state index contributed by atoms with van der Waals surface area (Å²) in [5, 5.41) is 6.07. The molecule has 3 N–H and O–H groups in total. The summed E-state index contributed by atoms with van der Waals surface area (Å²) in [7, 11) is -3.39. The van der Waals surface area contributed by atoms with Crippen molar-refractivity contribution in [3.05, 3.63) is 24.3 Å². The first-order valence-electron chi connectivity index (χ1n) is 6.95. The van der Waals surface area contributed by atoms with Gasteiger partial charge in [0.1, 0.15) is 0 Å². The monoisotopic (exact) mass is 311 g/mol. The lowest BCUT2D eigenvalue weighted by atomic mass is 9.83. The molecule has 0 saturated carbocycles. The quantitative estimate of drug-likeness (QED) is 0.767. The maximum atomic E-state index is 12.6. The van der Waals surface area contributed by atoms with Gasteiger partial charge in [-0.25, -0.2) is 8.42 Å². The number of hydrogen-bond acceptors (Lipinski definition) is 4. The molecule has 1 fully saturated rings. The van der Waals surface area contributed by atoms with E-state index in [0.29, 0.717) is 17.9 Å². The molecule has 1 aliphatic rings. The third-order valence-electron chi connectivity index (χ3n) is 3.87. The summed E-state index contributed by atoms with van der Waals surface area (Å²) in [6.45, 7) is 3.47. The van der Waals surface area contributed by atoms with Crippen molar-refractivity contribution in [2.24, 2.45) is 5.41 Å². The second-order valence-electron chi connectivity index (χ2n) is 5.43. The van der Waals surface area contributed by atoms with Crippen molar-refractivity contribution in [3.8, 4) is 0 Å². The van der Waals surface area contributed by atoms with Gasteiger partial charge in [0.05, 0.1) is 23.0 Å². The van der Waals surface area contributed by atoms with Crippen molar-refractivity contribution in [1.82, 2.24) is 5.32 Å². The van der Waals surface area contributed by atoms with E-state index in [0.717, 1.165) is 25.6 Å². The average molecular weight is 311 g/mol. The number of carbonyl (C=O) groups excluding carboxylic acids is 1. The number of nitrogens with one attached hydrogen (secondary N) is 3. The number of benzene rings is 1. The minimum atomic E-state index is -3.39. The highest BCUT2D eigenvalue weighted by atomic mass is 32.2. The summed E-state index contributed by atoms with van der Waals surface area (Å²) in [5.41, 5.74) is 0.441. The summed E-state index contributed by atoms with van der Waals surface area (Å²) in [4.78, 5) is 12.6. The van der Waals surface area contributed by atoms with Crippen LogP contribution in [0.3, 0.4) is 0 Å². The third-order valence-corrected chi connectivity index (χ3v) is 4.46. The molecule has 1 heterocycles. The van der Waals surface area contributed by atoms with Gasteiger partial charge < -0.3 is 10.6 Å². The van der Waals surface area contributed by atoms with Crippen LogP contribution in [0, 0.1) is 5.41 Å². The molecule has 1 unspecified atom stereocenters. The minimum absolute atomic E-state index is 0.0715. The fraction of sp³-hybridized carbons (Fsp3) is 0.500. The Balaban J connectivity index is 2.21. The number of sulfonamides is 1. The third kappa shape index (κ3) is 3.74. The molecule has 1 atom stereocenters. The summed E-state index contributed by atoms with van der Waals surface area (Å²) >= 11 is 0. The lowest BCUT2D eigenvalue weighted by Crippen LogP contribution is -2.37. The average Bonchev–Trinajstić information content (AvgIpc) is 2.89. The highest BCUT2D eigenvalue weighted by Gasteiger charge is 2.39. The summed E-state index contributed by atoms with van der Waals surface area (Å²) in [5.74, 6) is -0.0715. The van der Waals surface area contributed by atoms with Crippen molar-refractivity contribution in [2.75, 3.05) is 29.4 Å². The molecule has 7 heteroatoms. The van der Waals surface area contributed by atoms with Crippen LogP contribution in [-0.4, -0.2) is 33.7 Å². The minimum Gasteiger partial charge on any atom is -0.324 e. The van der Waals surface area contributed by atoms with Gasteiger partial charge >= 0.3 is 0 Å². The summed E-state index contributed by atoms with van der Waals surface area (Å²) in [6.07, 6.45) is 2.62. The second kappa shape index (κ2) is 6.03. The molecule has 116 valence electrons. The number of rotatable bonds is 5. The first-order valence-corrected chi connectivity index (χ1v) is 8.84. The van der Waals surface area contributed by atoms with Crippen molar-refractivity contribution >= 4 is 27.3 Å². The Morgan fingerprint density at radius 3 is 2.52 bits per heavy atom. The van der Waals surface area contributed by atoms with Gasteiger partial charge in [-0.05, 0) is 31.5 Å². The van der Waals surface area contributed by atoms with Crippen LogP contribution < -0.4 is 15.4 Å². The maximum Gasteiger partial charge on any atom is 0.231 e. The molecule has 0 aromatic heterocycles. The van der Waals surface area contributed by atoms with Crippen LogP contribution in [0.4, 0.5) is 11.4 Å². The number of para-hydroxylation sites is 2. The van der Waals surface area contributed by atoms with E-state index in [4.69, 9.17) is 0 Å². The molecule has 1 aromatic rings. The SMILES string of the molecule is CCC1(C(=O)Nc2ccccc2NS(C)(=O)=O)CCNC1. The summed E-state index contributed by atoms with van der Waals surface area (Å²) in [6, 6.07) is 6.80. The van der Waals surface area contributed by atoms with E-state index >= 15 is 0 Å². The Morgan fingerprint density at radius 2 is 2.00 bits per heavy atom. The maximum absolute atomic E-state index is 12.6. The predicted octanol–water partition coefficient (Wildman–Crippen LogP) is 1.39. The number of carbonyl (C=O) groups is 1. The largest absolute Gasteiger partial charge is 0.324 e. The number of hydrogen-bond donors (Lipinski definition) is 3. The van der Waals surface area contributed by atoms with Crippen molar-refractivity contribution in [1.29, 1.82) is 0 Å². The molecule has 21 heavy (non-hydrogen) atoms. The van der Waals surface area contributed by atoms with Crippen LogP contribution in [0.5, 0.6) is 0 Å². The second-order valence-corrected chi connectivity index (χ2v) is 7.18. The number of amides is 1. The van der Waals surface area contributed by atoms with Crippen molar-refractivity contribution in [2.45, 2.75) is 19.8 Å².